The highest BCUT2D eigenvalue weighted by molar-refractivity contribution is 6.39. The Kier molecular flexibility index (Phi) is 6.15. The molecule has 0 bridgehead atoms. The van der Waals surface area contributed by atoms with Gasteiger partial charge in [-0.15, -0.1) is 0 Å². The van der Waals surface area contributed by atoms with Gasteiger partial charge in [-0.3, -0.25) is 9.59 Å². The number of likely N-dealkylation sites (N-methyl/N-ethyl adjacent to an activating group) is 2. The van der Waals surface area contributed by atoms with Crippen LogP contribution in [-0.2, 0) is 16.0 Å². The number of carbonyl (C=O) groups is 2. The number of fused-ring (bicyclic) bond motifs is 1. The van der Waals surface area contributed by atoms with Crippen LogP contribution in [0.4, 0.5) is 11.4 Å². The van der Waals surface area contributed by atoms with Gasteiger partial charge in [-0.2, -0.15) is 5.26 Å². The van der Waals surface area contributed by atoms with E-state index in [0.29, 0.717) is 17.8 Å². The summed E-state index contributed by atoms with van der Waals surface area (Å²) in [5.74, 6) is -1.52. The Balaban J connectivity index is 1.65. The van der Waals surface area contributed by atoms with Crippen LogP contribution in [0.1, 0.15) is 22.7 Å². The van der Waals surface area contributed by atoms with E-state index in [-0.39, 0.29) is 6.04 Å². The Morgan fingerprint density at radius 2 is 1.97 bits per heavy atom. The van der Waals surface area contributed by atoms with E-state index in [2.05, 4.69) is 40.8 Å². The molecule has 7 heteroatoms. The monoisotopic (exact) mass is 391 g/mol. The number of carbonyl (C=O) groups excluding carboxylic acids is 2. The van der Waals surface area contributed by atoms with E-state index in [1.807, 2.05) is 25.1 Å². The zero-order valence-corrected chi connectivity index (χ0v) is 16.9. The first kappa shape index (κ1) is 20.4. The molecule has 150 valence electrons. The molecule has 1 heterocycles. The average Bonchev–Trinajstić information content (AvgIpc) is 3.08. The van der Waals surface area contributed by atoms with Crippen molar-refractivity contribution in [3.05, 3.63) is 59.2 Å². The predicted octanol–water partition coefficient (Wildman–Crippen LogP) is 1.91. The predicted molar refractivity (Wildman–Crippen MR) is 113 cm³/mol. The third-order valence-electron chi connectivity index (χ3n) is 5.20. The van der Waals surface area contributed by atoms with Gasteiger partial charge >= 0.3 is 11.8 Å². The molecule has 1 aliphatic rings. The quantitative estimate of drug-likeness (QED) is 0.760. The van der Waals surface area contributed by atoms with Crippen LogP contribution in [0.15, 0.2) is 42.5 Å². The number of rotatable bonds is 5. The first-order chi connectivity index (χ1) is 13.9. The molecule has 0 aromatic heterocycles. The molecule has 2 N–H and O–H groups in total. The lowest BCUT2D eigenvalue weighted by molar-refractivity contribution is -0.136. The summed E-state index contributed by atoms with van der Waals surface area (Å²) in [5.41, 5.74) is 4.27. The van der Waals surface area contributed by atoms with E-state index >= 15 is 0 Å². The number of nitriles is 1. The Labute approximate surface area is 170 Å². The number of anilines is 2. The van der Waals surface area contributed by atoms with Crippen LogP contribution in [0.25, 0.3) is 0 Å². The summed E-state index contributed by atoms with van der Waals surface area (Å²) in [5, 5.41) is 14.3. The molecule has 29 heavy (non-hydrogen) atoms. The minimum Gasteiger partial charge on any atom is -0.374 e. The van der Waals surface area contributed by atoms with Crippen molar-refractivity contribution >= 4 is 23.2 Å². The fourth-order valence-corrected chi connectivity index (χ4v) is 3.53. The summed E-state index contributed by atoms with van der Waals surface area (Å²) in [6, 6.07) is 14.9. The van der Waals surface area contributed by atoms with Gasteiger partial charge in [-0.05, 0) is 49.8 Å². The summed E-state index contributed by atoms with van der Waals surface area (Å²) < 4.78 is 0. The van der Waals surface area contributed by atoms with E-state index < -0.39 is 11.8 Å². The number of para-hydroxylation sites is 1. The van der Waals surface area contributed by atoms with Gasteiger partial charge in [0.25, 0.3) is 0 Å². The number of nitrogens with one attached hydrogen (secondary N) is 2. The van der Waals surface area contributed by atoms with Crippen molar-refractivity contribution < 1.29 is 9.59 Å². The van der Waals surface area contributed by atoms with Gasteiger partial charge in [0, 0.05) is 25.8 Å². The summed E-state index contributed by atoms with van der Waals surface area (Å²) in [4.78, 5) is 28.8. The normalized spacial score (nSPS) is 13.6. The third kappa shape index (κ3) is 4.55. The van der Waals surface area contributed by atoms with Crippen molar-refractivity contribution in [3.8, 4) is 6.07 Å². The highest BCUT2D eigenvalue weighted by Gasteiger charge is 2.22. The molecule has 0 saturated carbocycles. The van der Waals surface area contributed by atoms with E-state index in [9.17, 15) is 9.59 Å². The highest BCUT2D eigenvalue weighted by Crippen LogP contribution is 2.30. The molecule has 0 aliphatic carbocycles. The second kappa shape index (κ2) is 8.76. The Hall–Kier alpha value is -3.37. The first-order valence-electron chi connectivity index (χ1n) is 9.49. The zero-order valence-electron chi connectivity index (χ0n) is 16.9. The van der Waals surface area contributed by atoms with Gasteiger partial charge in [0.1, 0.15) is 6.07 Å². The fraction of sp³-hybridized carbons (Fsp3) is 0.318. The van der Waals surface area contributed by atoms with Crippen molar-refractivity contribution in [2.45, 2.75) is 12.5 Å². The van der Waals surface area contributed by atoms with Crippen LogP contribution in [0, 0.1) is 11.3 Å². The van der Waals surface area contributed by atoms with Crippen molar-refractivity contribution in [2.24, 2.45) is 0 Å². The van der Waals surface area contributed by atoms with Gasteiger partial charge in [-0.1, -0.05) is 24.3 Å². The maximum absolute atomic E-state index is 12.3. The van der Waals surface area contributed by atoms with Gasteiger partial charge in [-0.25, -0.2) is 0 Å². The molecule has 2 aromatic rings. The lowest BCUT2D eigenvalue weighted by atomic mass is 10.0. The fourth-order valence-electron chi connectivity index (χ4n) is 3.53. The Morgan fingerprint density at radius 1 is 1.21 bits per heavy atom. The van der Waals surface area contributed by atoms with E-state index in [0.717, 1.165) is 18.5 Å². The lowest BCUT2D eigenvalue weighted by Gasteiger charge is -2.26. The minimum atomic E-state index is -0.791. The van der Waals surface area contributed by atoms with Crippen LogP contribution >= 0.6 is 0 Å². The van der Waals surface area contributed by atoms with Crippen LogP contribution in [0.2, 0.25) is 0 Å². The van der Waals surface area contributed by atoms with Gasteiger partial charge in [0.15, 0.2) is 0 Å². The molecule has 2 aromatic carbocycles. The highest BCUT2D eigenvalue weighted by atomic mass is 16.2. The zero-order chi connectivity index (χ0) is 21.0. The van der Waals surface area contributed by atoms with Crippen molar-refractivity contribution in [3.63, 3.8) is 0 Å². The molecule has 1 atom stereocenters. The molecule has 2 amide bonds. The standard InChI is InChI=1S/C22H25N5O2/c1-26(2)20(15-8-9-19-16(12-15)10-11-27(19)3)14-24-21(28)22(29)25-18-7-5-4-6-17(18)13-23/h4-9,12,20H,10-11,14H2,1-3H3,(H,24,28)(H,25,29)/t20-/m0/s1. The van der Waals surface area contributed by atoms with Gasteiger partial charge in [0.2, 0.25) is 0 Å². The number of amides is 2. The molecular weight excluding hydrogens is 366 g/mol. The first-order valence-corrected chi connectivity index (χ1v) is 9.49. The maximum Gasteiger partial charge on any atom is 0.313 e. The molecule has 0 saturated heterocycles. The Morgan fingerprint density at radius 3 is 2.69 bits per heavy atom. The molecule has 0 unspecified atom stereocenters. The molecule has 7 nitrogen and oxygen atoms in total. The van der Waals surface area contributed by atoms with Crippen LogP contribution in [0.3, 0.4) is 0 Å². The number of benzene rings is 2. The van der Waals surface area contributed by atoms with E-state index in [4.69, 9.17) is 5.26 Å². The minimum absolute atomic E-state index is 0.0608. The van der Waals surface area contributed by atoms with Gasteiger partial charge < -0.3 is 20.4 Å². The molecule has 0 spiro atoms. The number of hydrogen-bond acceptors (Lipinski definition) is 5. The second-order valence-corrected chi connectivity index (χ2v) is 7.36. The second-order valence-electron chi connectivity index (χ2n) is 7.36. The van der Waals surface area contributed by atoms with Crippen molar-refractivity contribution in [2.75, 3.05) is 44.4 Å². The van der Waals surface area contributed by atoms with Crippen LogP contribution < -0.4 is 15.5 Å². The summed E-state index contributed by atoms with van der Waals surface area (Å²) in [6.45, 7) is 1.31. The topological polar surface area (TPSA) is 88.5 Å². The summed E-state index contributed by atoms with van der Waals surface area (Å²) >= 11 is 0. The average molecular weight is 391 g/mol. The molecule has 3 rings (SSSR count). The molecule has 0 fully saturated rings. The van der Waals surface area contributed by atoms with Crippen molar-refractivity contribution in [1.82, 2.24) is 10.2 Å². The van der Waals surface area contributed by atoms with E-state index in [1.54, 1.807) is 24.3 Å². The molecule has 1 aliphatic heterocycles. The number of hydrogen-bond donors (Lipinski definition) is 2. The third-order valence-corrected chi connectivity index (χ3v) is 5.20. The smallest absolute Gasteiger partial charge is 0.313 e. The largest absolute Gasteiger partial charge is 0.374 e. The van der Waals surface area contributed by atoms with Crippen LogP contribution in [-0.4, -0.2) is 50.9 Å². The molecule has 0 radical (unpaired) electrons. The maximum atomic E-state index is 12.3. The van der Waals surface area contributed by atoms with Crippen molar-refractivity contribution in [1.29, 1.82) is 5.26 Å². The number of nitrogens with zero attached hydrogens (tertiary/aromatic N) is 3. The Bertz CT molecular complexity index is 964. The SMILES string of the molecule is CN1CCc2cc([C@H](CNC(=O)C(=O)Nc3ccccc3C#N)N(C)C)ccc21. The summed E-state index contributed by atoms with van der Waals surface area (Å²) in [6.07, 6.45) is 1.01. The van der Waals surface area contributed by atoms with Gasteiger partial charge in [0.05, 0.1) is 17.3 Å². The lowest BCUT2D eigenvalue weighted by Crippen LogP contribution is -2.40. The van der Waals surface area contributed by atoms with Crippen LogP contribution in [0.5, 0.6) is 0 Å². The van der Waals surface area contributed by atoms with E-state index in [1.165, 1.54) is 11.3 Å². The summed E-state index contributed by atoms with van der Waals surface area (Å²) in [7, 11) is 5.97. The molecular formula is C22H25N5O2.